The topological polar surface area (TPSA) is 71.4 Å². The van der Waals surface area contributed by atoms with Gasteiger partial charge in [0.25, 0.3) is 0 Å². The fourth-order valence-electron chi connectivity index (χ4n) is 2.34. The van der Waals surface area contributed by atoms with E-state index in [4.69, 9.17) is 23.2 Å². The standard InChI is InChI=1S/C12H12Cl2O4S/c13-9-2-1-3-10(14)8(9)6-12(11(15)16)4-5-19(17,18)7-12/h1-3H,4-7H2,(H,15,16). The molecular weight excluding hydrogens is 311 g/mol. The molecule has 2 rings (SSSR count). The van der Waals surface area contributed by atoms with E-state index in [0.29, 0.717) is 15.6 Å². The molecule has 1 atom stereocenters. The lowest BCUT2D eigenvalue weighted by molar-refractivity contribution is -0.147. The molecule has 1 heterocycles. The van der Waals surface area contributed by atoms with E-state index in [1.165, 1.54) is 0 Å². The molecule has 104 valence electrons. The molecule has 1 saturated heterocycles. The summed E-state index contributed by atoms with van der Waals surface area (Å²) in [5, 5.41) is 10.1. The number of carboxylic acid groups (broad SMARTS) is 1. The summed E-state index contributed by atoms with van der Waals surface area (Å²) in [6.07, 6.45) is 0.117. The van der Waals surface area contributed by atoms with E-state index < -0.39 is 21.2 Å². The summed E-state index contributed by atoms with van der Waals surface area (Å²) in [4.78, 5) is 11.5. The number of carbonyl (C=O) groups is 1. The van der Waals surface area contributed by atoms with Crippen molar-refractivity contribution in [3.05, 3.63) is 33.8 Å². The first-order chi connectivity index (χ1) is 8.76. The van der Waals surface area contributed by atoms with Gasteiger partial charge in [-0.1, -0.05) is 29.3 Å². The molecular formula is C12H12Cl2O4S. The molecule has 0 spiro atoms. The lowest BCUT2D eigenvalue weighted by Crippen LogP contribution is -2.34. The maximum atomic E-state index is 11.6. The zero-order valence-electron chi connectivity index (χ0n) is 9.90. The van der Waals surface area contributed by atoms with Gasteiger partial charge in [0.05, 0.1) is 16.9 Å². The van der Waals surface area contributed by atoms with Crippen LogP contribution < -0.4 is 0 Å². The summed E-state index contributed by atoms with van der Waals surface area (Å²) in [5.41, 5.74) is -0.835. The van der Waals surface area contributed by atoms with E-state index in [1.54, 1.807) is 18.2 Å². The highest BCUT2D eigenvalue weighted by molar-refractivity contribution is 7.91. The Morgan fingerprint density at radius 1 is 1.32 bits per heavy atom. The molecule has 1 unspecified atom stereocenters. The van der Waals surface area contributed by atoms with Crippen LogP contribution in [-0.4, -0.2) is 31.0 Å². The van der Waals surface area contributed by atoms with Crippen molar-refractivity contribution in [1.82, 2.24) is 0 Å². The van der Waals surface area contributed by atoms with Crippen molar-refractivity contribution < 1.29 is 18.3 Å². The van der Waals surface area contributed by atoms with Gasteiger partial charge in [-0.05, 0) is 30.5 Å². The van der Waals surface area contributed by atoms with Gasteiger partial charge in [-0.3, -0.25) is 4.79 Å². The van der Waals surface area contributed by atoms with Crippen LogP contribution in [0, 0.1) is 5.41 Å². The van der Waals surface area contributed by atoms with Crippen LogP contribution in [0.25, 0.3) is 0 Å². The summed E-state index contributed by atoms with van der Waals surface area (Å²) in [6, 6.07) is 4.89. The highest BCUT2D eigenvalue weighted by Crippen LogP contribution is 2.39. The van der Waals surface area contributed by atoms with Crippen LogP contribution in [-0.2, 0) is 21.1 Å². The normalized spacial score (nSPS) is 25.4. The second-order valence-corrected chi connectivity index (χ2v) is 7.80. The molecule has 4 nitrogen and oxygen atoms in total. The molecule has 1 aliphatic heterocycles. The Morgan fingerprint density at radius 3 is 2.32 bits per heavy atom. The molecule has 0 radical (unpaired) electrons. The van der Waals surface area contributed by atoms with E-state index in [0.717, 1.165) is 0 Å². The van der Waals surface area contributed by atoms with Crippen molar-refractivity contribution in [3.8, 4) is 0 Å². The number of benzene rings is 1. The van der Waals surface area contributed by atoms with Gasteiger partial charge in [0.15, 0.2) is 9.84 Å². The Labute approximate surface area is 121 Å². The van der Waals surface area contributed by atoms with Gasteiger partial charge in [-0.2, -0.15) is 0 Å². The first-order valence-corrected chi connectivity index (χ1v) is 8.20. The highest BCUT2D eigenvalue weighted by atomic mass is 35.5. The zero-order valence-corrected chi connectivity index (χ0v) is 12.2. The first-order valence-electron chi connectivity index (χ1n) is 5.62. The third-order valence-electron chi connectivity index (χ3n) is 3.42. The summed E-state index contributed by atoms with van der Waals surface area (Å²) in [7, 11) is -3.31. The second kappa shape index (κ2) is 4.96. The third kappa shape index (κ3) is 2.88. The van der Waals surface area contributed by atoms with Crippen LogP contribution in [0.2, 0.25) is 10.0 Å². The highest BCUT2D eigenvalue weighted by Gasteiger charge is 2.48. The fourth-order valence-corrected chi connectivity index (χ4v) is 4.93. The molecule has 7 heteroatoms. The molecule has 1 aromatic rings. The molecule has 1 fully saturated rings. The van der Waals surface area contributed by atoms with Crippen LogP contribution in [0.3, 0.4) is 0 Å². The Bertz CT molecular complexity index is 606. The van der Waals surface area contributed by atoms with Crippen molar-refractivity contribution in [2.45, 2.75) is 12.8 Å². The van der Waals surface area contributed by atoms with Crippen LogP contribution in [0.15, 0.2) is 18.2 Å². The number of sulfone groups is 1. The van der Waals surface area contributed by atoms with E-state index in [2.05, 4.69) is 0 Å². The first kappa shape index (κ1) is 14.6. The monoisotopic (exact) mass is 322 g/mol. The average Bonchev–Trinajstić information content (AvgIpc) is 2.61. The van der Waals surface area contributed by atoms with Gasteiger partial charge in [0, 0.05) is 10.0 Å². The molecule has 0 aliphatic carbocycles. The third-order valence-corrected chi connectivity index (χ3v) is 5.95. The van der Waals surface area contributed by atoms with Crippen LogP contribution >= 0.6 is 23.2 Å². The number of hydrogen-bond donors (Lipinski definition) is 1. The lowest BCUT2D eigenvalue weighted by Gasteiger charge is -2.23. The SMILES string of the molecule is O=C(O)C1(Cc2c(Cl)cccc2Cl)CCS(=O)(=O)C1. The summed E-state index contributed by atoms with van der Waals surface area (Å²) < 4.78 is 23.2. The van der Waals surface area contributed by atoms with Gasteiger partial charge in [-0.15, -0.1) is 0 Å². The minimum Gasteiger partial charge on any atom is -0.481 e. The second-order valence-electron chi connectivity index (χ2n) is 4.80. The maximum Gasteiger partial charge on any atom is 0.311 e. The number of rotatable bonds is 3. The van der Waals surface area contributed by atoms with Crippen molar-refractivity contribution >= 4 is 39.0 Å². The van der Waals surface area contributed by atoms with Crippen molar-refractivity contribution in [1.29, 1.82) is 0 Å². The quantitative estimate of drug-likeness (QED) is 0.927. The number of halogens is 2. The molecule has 0 amide bonds. The molecule has 0 saturated carbocycles. The predicted molar refractivity (Wildman–Crippen MR) is 73.5 cm³/mol. The van der Waals surface area contributed by atoms with Crippen molar-refractivity contribution in [2.24, 2.45) is 5.41 Å². The van der Waals surface area contributed by atoms with E-state index >= 15 is 0 Å². The number of hydrogen-bond acceptors (Lipinski definition) is 3. The number of aliphatic carboxylic acids is 1. The zero-order chi connectivity index (χ0) is 14.3. The predicted octanol–water partition coefficient (Wildman–Crippen LogP) is 2.43. The molecule has 1 N–H and O–H groups in total. The Kier molecular flexibility index (Phi) is 3.82. The van der Waals surface area contributed by atoms with E-state index in [1.807, 2.05) is 0 Å². The van der Waals surface area contributed by atoms with Crippen LogP contribution in [0.1, 0.15) is 12.0 Å². The largest absolute Gasteiger partial charge is 0.481 e. The van der Waals surface area contributed by atoms with Gasteiger partial charge in [0.2, 0.25) is 0 Å². The van der Waals surface area contributed by atoms with Crippen molar-refractivity contribution in [2.75, 3.05) is 11.5 Å². The molecule has 1 aromatic carbocycles. The minimum absolute atomic E-state index is 0.0278. The molecule has 0 aromatic heterocycles. The Hall–Kier alpha value is -0.780. The van der Waals surface area contributed by atoms with E-state index in [9.17, 15) is 18.3 Å². The summed E-state index contributed by atoms with van der Waals surface area (Å²) in [5.74, 6) is -1.59. The van der Waals surface area contributed by atoms with Crippen LogP contribution in [0.4, 0.5) is 0 Å². The Balaban J connectivity index is 2.41. The Morgan fingerprint density at radius 2 is 1.89 bits per heavy atom. The summed E-state index contributed by atoms with van der Waals surface area (Å²) >= 11 is 12.0. The molecule has 19 heavy (non-hydrogen) atoms. The summed E-state index contributed by atoms with van der Waals surface area (Å²) in [6.45, 7) is 0. The van der Waals surface area contributed by atoms with Gasteiger partial charge >= 0.3 is 5.97 Å². The van der Waals surface area contributed by atoms with Gasteiger partial charge in [0.1, 0.15) is 0 Å². The van der Waals surface area contributed by atoms with Gasteiger partial charge in [-0.25, -0.2) is 8.42 Å². The lowest BCUT2D eigenvalue weighted by atomic mass is 9.81. The van der Waals surface area contributed by atoms with Crippen molar-refractivity contribution in [3.63, 3.8) is 0 Å². The number of carboxylic acids is 1. The molecule has 0 bridgehead atoms. The average molecular weight is 323 g/mol. The van der Waals surface area contributed by atoms with E-state index in [-0.39, 0.29) is 24.3 Å². The fraction of sp³-hybridized carbons (Fsp3) is 0.417. The maximum absolute atomic E-state index is 11.6. The smallest absolute Gasteiger partial charge is 0.311 e. The minimum atomic E-state index is -3.31. The molecule has 1 aliphatic rings. The van der Waals surface area contributed by atoms with Crippen LogP contribution in [0.5, 0.6) is 0 Å². The van der Waals surface area contributed by atoms with Gasteiger partial charge < -0.3 is 5.11 Å².